The second-order valence-electron chi connectivity index (χ2n) is 2.04. The van der Waals surface area contributed by atoms with Gasteiger partial charge >= 0.3 is 0 Å². The third-order valence-electron chi connectivity index (χ3n) is 1.32. The quantitative estimate of drug-likeness (QED) is 0.506. The van der Waals surface area contributed by atoms with E-state index in [-0.39, 0.29) is 11.7 Å². The van der Waals surface area contributed by atoms with Crippen LogP contribution >= 0.6 is 0 Å². The lowest BCUT2D eigenvalue weighted by Crippen LogP contribution is -2.33. The number of hydroxylamine groups is 2. The standard InChI is InChI=1S/C5H8N3O/c6-4-2-1-3-5(7)8(4)9/h6-7H,1-3H2/q-1. The van der Waals surface area contributed by atoms with E-state index < -0.39 is 0 Å². The zero-order chi connectivity index (χ0) is 6.85. The monoisotopic (exact) mass is 126 g/mol. The van der Waals surface area contributed by atoms with Gasteiger partial charge in [-0.2, -0.15) is 0 Å². The normalized spacial score (nSPS) is 20.8. The Morgan fingerprint density at radius 2 is 1.67 bits per heavy atom. The Hall–Kier alpha value is -0.900. The summed E-state index contributed by atoms with van der Waals surface area (Å²) >= 11 is 0. The van der Waals surface area contributed by atoms with Gasteiger partial charge in [-0.05, 0) is 6.42 Å². The first-order valence-electron chi connectivity index (χ1n) is 2.84. The summed E-state index contributed by atoms with van der Waals surface area (Å²) in [6.07, 6.45) is 1.81. The molecule has 2 N–H and O–H groups in total. The van der Waals surface area contributed by atoms with Gasteiger partial charge in [0.2, 0.25) is 0 Å². The minimum absolute atomic E-state index is 0.0197. The van der Waals surface area contributed by atoms with Gasteiger partial charge in [0, 0.05) is 12.8 Å². The zero-order valence-electron chi connectivity index (χ0n) is 4.98. The van der Waals surface area contributed by atoms with E-state index >= 15 is 0 Å². The van der Waals surface area contributed by atoms with Gasteiger partial charge in [-0.25, -0.2) is 0 Å². The number of nitrogens with one attached hydrogen (secondary N) is 2. The molecule has 0 spiro atoms. The van der Waals surface area contributed by atoms with E-state index in [4.69, 9.17) is 10.8 Å². The highest BCUT2D eigenvalue weighted by Gasteiger charge is 2.10. The molecule has 0 atom stereocenters. The molecule has 1 fully saturated rings. The van der Waals surface area contributed by atoms with E-state index in [9.17, 15) is 5.21 Å². The maximum atomic E-state index is 10.6. The van der Waals surface area contributed by atoms with Gasteiger partial charge in [-0.1, -0.05) is 0 Å². The van der Waals surface area contributed by atoms with E-state index in [0.717, 1.165) is 6.42 Å². The highest BCUT2D eigenvalue weighted by molar-refractivity contribution is 6.00. The average molecular weight is 126 g/mol. The minimum atomic E-state index is 0.0197. The van der Waals surface area contributed by atoms with Gasteiger partial charge in [-0.15, -0.1) is 0 Å². The fourth-order valence-electron chi connectivity index (χ4n) is 0.789. The predicted molar refractivity (Wildman–Crippen MR) is 34.5 cm³/mol. The first kappa shape index (κ1) is 6.22. The maximum Gasteiger partial charge on any atom is 0.0904 e. The van der Waals surface area contributed by atoms with Crippen molar-refractivity contribution in [2.45, 2.75) is 19.3 Å². The van der Waals surface area contributed by atoms with Crippen molar-refractivity contribution in [1.29, 1.82) is 10.8 Å². The summed E-state index contributed by atoms with van der Waals surface area (Å²) in [4.78, 5) is 0. The average Bonchev–Trinajstić information content (AvgIpc) is 1.83. The zero-order valence-corrected chi connectivity index (χ0v) is 4.98. The van der Waals surface area contributed by atoms with Crippen LogP contribution in [0.3, 0.4) is 0 Å². The first-order valence-corrected chi connectivity index (χ1v) is 2.84. The summed E-state index contributed by atoms with van der Waals surface area (Å²) in [6.45, 7) is 0. The molecule has 1 rings (SSSR count). The first-order chi connectivity index (χ1) is 4.22. The fraction of sp³-hybridized carbons (Fsp3) is 0.600. The SMILES string of the molecule is N=C1CCCC(=N)N1[O-]. The van der Waals surface area contributed by atoms with Crippen molar-refractivity contribution in [3.05, 3.63) is 5.21 Å². The Morgan fingerprint density at radius 1 is 1.22 bits per heavy atom. The van der Waals surface area contributed by atoms with Gasteiger partial charge in [0.1, 0.15) is 0 Å². The molecule has 0 radical (unpaired) electrons. The molecular weight excluding hydrogens is 118 g/mol. The van der Waals surface area contributed by atoms with E-state index in [0.29, 0.717) is 17.9 Å². The molecule has 9 heavy (non-hydrogen) atoms. The van der Waals surface area contributed by atoms with Crippen molar-refractivity contribution in [1.82, 2.24) is 5.06 Å². The molecule has 50 valence electrons. The van der Waals surface area contributed by atoms with Gasteiger partial charge in [0.25, 0.3) is 0 Å². The molecule has 0 aromatic heterocycles. The van der Waals surface area contributed by atoms with Crippen molar-refractivity contribution >= 4 is 11.7 Å². The van der Waals surface area contributed by atoms with Crippen LogP contribution in [0.15, 0.2) is 0 Å². The molecule has 1 aliphatic heterocycles. The lowest BCUT2D eigenvalue weighted by Gasteiger charge is -2.34. The molecule has 0 aromatic carbocycles. The van der Waals surface area contributed by atoms with Crippen molar-refractivity contribution < 1.29 is 0 Å². The van der Waals surface area contributed by atoms with Crippen LogP contribution in [0.1, 0.15) is 19.3 Å². The van der Waals surface area contributed by atoms with Crippen LogP contribution in [0.5, 0.6) is 0 Å². The fourth-order valence-corrected chi connectivity index (χ4v) is 0.789. The van der Waals surface area contributed by atoms with Gasteiger partial charge < -0.3 is 10.3 Å². The number of rotatable bonds is 0. The van der Waals surface area contributed by atoms with Crippen molar-refractivity contribution in [2.75, 3.05) is 0 Å². The van der Waals surface area contributed by atoms with Crippen LogP contribution in [0.2, 0.25) is 0 Å². The minimum Gasteiger partial charge on any atom is -0.752 e. The summed E-state index contributed by atoms with van der Waals surface area (Å²) in [5.74, 6) is 0.0394. The molecule has 1 aliphatic rings. The second kappa shape index (κ2) is 2.14. The summed E-state index contributed by atoms with van der Waals surface area (Å²) in [5.41, 5.74) is 0. The van der Waals surface area contributed by atoms with Crippen LogP contribution in [0.4, 0.5) is 0 Å². The Morgan fingerprint density at radius 3 is 2.00 bits per heavy atom. The molecule has 4 heteroatoms. The van der Waals surface area contributed by atoms with Crippen LogP contribution in [-0.4, -0.2) is 16.7 Å². The second-order valence-corrected chi connectivity index (χ2v) is 2.04. The van der Waals surface area contributed by atoms with Gasteiger partial charge in [0.15, 0.2) is 0 Å². The summed E-state index contributed by atoms with van der Waals surface area (Å²) in [7, 11) is 0. The van der Waals surface area contributed by atoms with Crippen LogP contribution in [0.25, 0.3) is 0 Å². The topological polar surface area (TPSA) is 74.0 Å². The van der Waals surface area contributed by atoms with E-state index in [2.05, 4.69) is 0 Å². The summed E-state index contributed by atoms with van der Waals surface area (Å²) < 4.78 is 0. The smallest absolute Gasteiger partial charge is 0.0904 e. The molecule has 4 nitrogen and oxygen atoms in total. The Bertz CT molecular complexity index is 138. The van der Waals surface area contributed by atoms with Gasteiger partial charge in [-0.3, -0.25) is 10.8 Å². The molecule has 0 amide bonds. The number of piperidine rings is 1. The van der Waals surface area contributed by atoms with E-state index in [1.807, 2.05) is 0 Å². The van der Waals surface area contributed by atoms with Crippen LogP contribution in [0, 0.1) is 16.0 Å². The predicted octanol–water partition coefficient (Wildman–Crippen LogP) is 0.925. The number of hydrogen-bond donors (Lipinski definition) is 2. The number of amidine groups is 2. The Labute approximate surface area is 53.1 Å². The number of hydrogen-bond acceptors (Lipinski definition) is 3. The van der Waals surface area contributed by atoms with E-state index in [1.54, 1.807) is 0 Å². The Balaban J connectivity index is 2.62. The van der Waals surface area contributed by atoms with Crippen molar-refractivity contribution in [3.8, 4) is 0 Å². The molecule has 0 aliphatic carbocycles. The summed E-state index contributed by atoms with van der Waals surface area (Å²) in [6, 6.07) is 0. The number of nitrogens with zero attached hydrogens (tertiary/aromatic N) is 1. The molecule has 0 saturated carbocycles. The highest BCUT2D eigenvalue weighted by atomic mass is 16.5. The van der Waals surface area contributed by atoms with Gasteiger partial charge in [0.05, 0.1) is 11.7 Å². The van der Waals surface area contributed by atoms with Crippen LogP contribution in [-0.2, 0) is 0 Å². The molecule has 0 bridgehead atoms. The molecule has 0 aromatic rings. The third kappa shape index (κ3) is 1.08. The highest BCUT2D eigenvalue weighted by Crippen LogP contribution is 2.10. The lowest BCUT2D eigenvalue weighted by atomic mass is 10.1. The lowest BCUT2D eigenvalue weighted by molar-refractivity contribution is 0.674. The largest absolute Gasteiger partial charge is 0.752 e. The third-order valence-corrected chi connectivity index (χ3v) is 1.32. The molecular formula is C5H8N3O-. The van der Waals surface area contributed by atoms with Crippen molar-refractivity contribution in [2.24, 2.45) is 0 Å². The van der Waals surface area contributed by atoms with E-state index in [1.165, 1.54) is 0 Å². The van der Waals surface area contributed by atoms with Crippen LogP contribution < -0.4 is 0 Å². The molecule has 1 saturated heterocycles. The summed E-state index contributed by atoms with van der Waals surface area (Å²) in [5, 5.41) is 25.0. The van der Waals surface area contributed by atoms with Crippen molar-refractivity contribution in [3.63, 3.8) is 0 Å². The molecule has 1 heterocycles. The Kier molecular flexibility index (Phi) is 1.48. The molecule has 0 unspecified atom stereocenters. The maximum absolute atomic E-state index is 10.6.